The maximum atomic E-state index is 13.4. The highest BCUT2D eigenvalue weighted by Gasteiger charge is 2.61. The van der Waals surface area contributed by atoms with Crippen LogP contribution < -0.4 is 10.6 Å². The van der Waals surface area contributed by atoms with Crippen molar-refractivity contribution in [1.82, 2.24) is 10.6 Å². The fourth-order valence-electron chi connectivity index (χ4n) is 18.8. The van der Waals surface area contributed by atoms with Crippen LogP contribution in [-0.4, -0.2) is 36.9 Å². The van der Waals surface area contributed by atoms with Crippen molar-refractivity contribution in [2.45, 2.75) is 262 Å². The molecule has 0 spiro atoms. The van der Waals surface area contributed by atoms with Crippen LogP contribution in [0.4, 0.5) is 9.59 Å². The number of hydrogen-bond acceptors (Lipinski definition) is 7. The zero-order chi connectivity index (χ0) is 51.8. The minimum atomic E-state index is -3.10. The Morgan fingerprint density at radius 2 is 0.972 bits per heavy atom. The lowest BCUT2D eigenvalue weighted by Crippen LogP contribution is -2.51. The first kappa shape index (κ1) is 56.4. The van der Waals surface area contributed by atoms with Gasteiger partial charge in [-0.25, -0.2) is 9.59 Å². The van der Waals surface area contributed by atoms with Gasteiger partial charge in [0.25, 0.3) is 0 Å². The molecule has 9 nitrogen and oxygen atoms in total. The molecule has 410 valence electrons. The van der Waals surface area contributed by atoms with E-state index < -0.39 is 32.9 Å². The van der Waals surface area contributed by atoms with Crippen molar-refractivity contribution in [1.29, 1.82) is 0 Å². The van der Waals surface area contributed by atoms with E-state index in [-0.39, 0.29) is 23.0 Å². The van der Waals surface area contributed by atoms with Crippen LogP contribution in [-0.2, 0) is 23.1 Å². The quantitative estimate of drug-likeness (QED) is 0.0710. The van der Waals surface area contributed by atoms with Gasteiger partial charge >= 0.3 is 20.4 Å². The number of nitrogens with one attached hydrogen (secondary N) is 2. The Hall–Kier alpha value is -1.83. The van der Waals surface area contributed by atoms with Gasteiger partial charge in [0.05, 0.1) is 0 Å². The van der Waals surface area contributed by atoms with Gasteiger partial charge in [0.15, 0.2) is 0 Å². The average molecular weight is 1020 g/mol. The number of carbonyl (C=O) groups excluding carboxylic acids is 2. The molecule has 0 aromatic heterocycles. The van der Waals surface area contributed by atoms with Crippen LogP contribution in [0.5, 0.6) is 0 Å². The Morgan fingerprint density at radius 3 is 1.35 bits per heavy atom. The van der Waals surface area contributed by atoms with Crippen LogP contribution >= 0.6 is 8.25 Å². The number of hydrogen-bond donors (Lipinski definition) is 2. The number of carbonyl (C=O) groups is 2. The summed E-state index contributed by atoms with van der Waals surface area (Å²) in [5.41, 5.74) is 4.24. The van der Waals surface area contributed by atoms with E-state index in [1.54, 1.807) is 0 Å². The molecule has 2 amide bonds. The molecule has 72 heavy (non-hydrogen) atoms. The van der Waals surface area contributed by atoms with Gasteiger partial charge in [-0.3, -0.25) is 24.2 Å². The molecule has 8 aliphatic rings. The van der Waals surface area contributed by atoms with Crippen LogP contribution in [0.2, 0.25) is 0 Å². The van der Waals surface area contributed by atoms with Crippen LogP contribution in [0.25, 0.3) is 0 Å². The molecule has 2 unspecified atom stereocenters. The van der Waals surface area contributed by atoms with Gasteiger partial charge in [0, 0.05) is 12.8 Å². The second-order valence-corrected chi connectivity index (χ2v) is 28.7. The van der Waals surface area contributed by atoms with Crippen molar-refractivity contribution in [3.05, 3.63) is 23.3 Å². The lowest BCUT2D eigenvalue weighted by Gasteiger charge is -2.58. The number of fused-ring (bicyclic) bond motifs is 10. The molecule has 8 aliphatic carbocycles. The Balaban J connectivity index is 0.764. The standard InChI is InChI=1S/C62H105N2O7P/c1-13-55(63-57(65)68-45-29-33-59(9)43(37-45)21-23-47-51-27-25-49(41(7)19-15-17-39(3)4)61(51,11)35-31-53(47)59)70-72(67)71-56(14-2)64-58(66)69-46-30-34-60(10)44(38-46)22-24-48-52-28-26-50(42(8)20-16-18-40(5)6)62(52,12)36-32-54(48)60/h21-22,39-42,45-56,72H,13-20,23-38H2,1-12H3,(H,63,65)(H,64,66)/t41-,42-,45+,46+,47+,48+,49-,50-,51+,52+,53+,54+,55?,56?,59+,60+,61-,62-/m1/s1. The largest absolute Gasteiger partial charge is 0.446 e. The Kier molecular flexibility index (Phi) is 18.3. The highest BCUT2D eigenvalue weighted by Crippen LogP contribution is 2.69. The second kappa shape index (κ2) is 23.4. The third-order valence-electron chi connectivity index (χ3n) is 22.8. The first-order valence-electron chi connectivity index (χ1n) is 30.4. The summed E-state index contributed by atoms with van der Waals surface area (Å²) in [4.78, 5) is 26.7. The molecule has 0 bridgehead atoms. The zero-order valence-corrected chi connectivity index (χ0v) is 48.7. The number of allylic oxidation sites excluding steroid dienone is 2. The maximum absolute atomic E-state index is 13.4. The fraction of sp³-hybridized carbons (Fsp3) is 0.903. The third kappa shape index (κ3) is 11.7. The predicted molar refractivity (Wildman–Crippen MR) is 292 cm³/mol. The van der Waals surface area contributed by atoms with E-state index in [1.165, 1.54) is 101 Å². The first-order chi connectivity index (χ1) is 34.2. The van der Waals surface area contributed by atoms with E-state index in [4.69, 9.17) is 18.5 Å². The summed E-state index contributed by atoms with van der Waals surface area (Å²) in [5.74, 6) is 9.48. The van der Waals surface area contributed by atoms with Gasteiger partial charge < -0.3 is 9.47 Å². The highest BCUT2D eigenvalue weighted by molar-refractivity contribution is 7.33. The van der Waals surface area contributed by atoms with Gasteiger partial charge in [-0.1, -0.05) is 145 Å². The van der Waals surface area contributed by atoms with Crippen LogP contribution in [0.3, 0.4) is 0 Å². The van der Waals surface area contributed by atoms with Crippen molar-refractivity contribution in [3.63, 3.8) is 0 Å². The lowest BCUT2D eigenvalue weighted by molar-refractivity contribution is -0.0586. The summed E-state index contributed by atoms with van der Waals surface area (Å²) in [6.45, 7) is 28.6. The molecule has 10 heteroatoms. The molecule has 0 aromatic carbocycles. The molecule has 0 aromatic rings. The van der Waals surface area contributed by atoms with Gasteiger partial charge in [-0.05, 0) is 195 Å². The topological polar surface area (TPSA) is 112 Å². The van der Waals surface area contributed by atoms with E-state index in [1.807, 2.05) is 13.8 Å². The molecule has 18 atom stereocenters. The van der Waals surface area contributed by atoms with Crippen molar-refractivity contribution in [2.24, 2.45) is 92.7 Å². The summed E-state index contributed by atoms with van der Waals surface area (Å²) < 4.78 is 37.0. The minimum absolute atomic E-state index is 0.169. The minimum Gasteiger partial charge on any atom is -0.446 e. The van der Waals surface area contributed by atoms with E-state index in [0.29, 0.717) is 35.5 Å². The Morgan fingerprint density at radius 1 is 0.569 bits per heavy atom. The van der Waals surface area contributed by atoms with Crippen molar-refractivity contribution < 1.29 is 32.7 Å². The molecular formula is C62H105N2O7P. The van der Waals surface area contributed by atoms with Gasteiger partial charge in [-0.2, -0.15) is 0 Å². The number of ether oxygens (including phenoxy) is 2. The third-order valence-corrected chi connectivity index (χ3v) is 23.8. The van der Waals surface area contributed by atoms with Crippen LogP contribution in [0, 0.1) is 92.7 Å². The SMILES string of the molecule is CCC(NC(=O)O[C@H]1CC[C@@]2(C)C(=CC[C@H]3[C@@H]4CC[C@H]([C@H](C)CCCC(C)C)[C@@]4(C)CC[C@@H]32)C1)O[PH](=O)OC(CC)NC(=O)O[C@H]1CC[C@@]2(C)C(=CC[C@H]3[C@@H]4CC[C@H]([C@H](C)CCCC(C)C)[C@@]4(C)CC[C@@H]32)C1. The molecule has 8 rings (SSSR count). The molecule has 0 radical (unpaired) electrons. The highest BCUT2D eigenvalue weighted by atomic mass is 31.1. The smallest absolute Gasteiger partial charge is 0.409 e. The number of alkyl carbamates (subject to hydrolysis) is 2. The Labute approximate surface area is 439 Å². The summed E-state index contributed by atoms with van der Waals surface area (Å²) in [7, 11) is -3.10. The molecule has 0 heterocycles. The average Bonchev–Trinajstić information content (AvgIpc) is 3.88. The summed E-state index contributed by atoms with van der Waals surface area (Å²) in [5, 5.41) is 5.63. The summed E-state index contributed by atoms with van der Waals surface area (Å²) in [6.07, 6.45) is 29.4. The number of rotatable bonds is 20. The molecule has 6 fully saturated rings. The lowest BCUT2D eigenvalue weighted by atomic mass is 9.47. The van der Waals surface area contributed by atoms with E-state index in [0.717, 1.165) is 111 Å². The molecule has 0 aliphatic heterocycles. The molecular weight excluding hydrogens is 916 g/mol. The molecule has 0 saturated heterocycles. The fourth-order valence-corrected chi connectivity index (χ4v) is 19.8. The molecule has 6 saturated carbocycles. The monoisotopic (exact) mass is 1020 g/mol. The number of amides is 2. The normalized spacial score (nSPS) is 40.1. The Bertz CT molecular complexity index is 1820. The zero-order valence-electron chi connectivity index (χ0n) is 47.7. The molecule has 2 N–H and O–H groups in total. The second-order valence-electron chi connectivity index (χ2n) is 27.7. The summed E-state index contributed by atoms with van der Waals surface area (Å²) >= 11 is 0. The first-order valence-corrected chi connectivity index (χ1v) is 31.6. The van der Waals surface area contributed by atoms with Crippen molar-refractivity contribution in [2.75, 3.05) is 0 Å². The van der Waals surface area contributed by atoms with Crippen LogP contribution in [0.15, 0.2) is 23.3 Å². The van der Waals surface area contributed by atoms with Crippen molar-refractivity contribution in [3.8, 4) is 0 Å². The summed E-state index contributed by atoms with van der Waals surface area (Å²) in [6, 6.07) is 0. The van der Waals surface area contributed by atoms with Crippen LogP contribution in [0.1, 0.15) is 237 Å². The van der Waals surface area contributed by atoms with Gasteiger partial charge in [-0.15, -0.1) is 0 Å². The van der Waals surface area contributed by atoms with Gasteiger partial charge in [0.1, 0.15) is 24.7 Å². The maximum Gasteiger partial charge on any atom is 0.409 e. The van der Waals surface area contributed by atoms with E-state index in [9.17, 15) is 14.2 Å². The van der Waals surface area contributed by atoms with Crippen molar-refractivity contribution >= 4 is 20.4 Å². The predicted octanol–water partition coefficient (Wildman–Crippen LogP) is 17.2. The van der Waals surface area contributed by atoms with E-state index in [2.05, 4.69) is 92.0 Å². The van der Waals surface area contributed by atoms with Gasteiger partial charge in [0.2, 0.25) is 0 Å². The van der Waals surface area contributed by atoms with E-state index >= 15 is 0 Å².